The van der Waals surface area contributed by atoms with Gasteiger partial charge in [0.25, 0.3) is 0 Å². The molecule has 1 saturated carbocycles. The fraction of sp³-hybridized carbons (Fsp3) is 0.667. The monoisotopic (exact) mass is 249 g/mol. The average molecular weight is 249 g/mol. The number of nitrogens with zero attached hydrogens (tertiary/aromatic N) is 1. The van der Waals surface area contributed by atoms with Crippen molar-refractivity contribution in [1.82, 2.24) is 4.98 Å². The topological polar surface area (TPSA) is 42.4 Å². The summed E-state index contributed by atoms with van der Waals surface area (Å²) in [6.07, 6.45) is 5.13. The molecule has 100 valence electrons. The van der Waals surface area contributed by atoms with Crippen LogP contribution in [0.2, 0.25) is 0 Å². The molecule has 3 heteroatoms. The Labute approximate surface area is 109 Å². The van der Waals surface area contributed by atoms with Gasteiger partial charge in [0.05, 0.1) is 13.2 Å². The van der Waals surface area contributed by atoms with Gasteiger partial charge < -0.3 is 9.84 Å². The maximum Gasteiger partial charge on any atom is 0.213 e. The molecule has 0 aliphatic heterocycles. The van der Waals surface area contributed by atoms with Crippen molar-refractivity contribution in [3.05, 3.63) is 23.9 Å². The van der Waals surface area contributed by atoms with Gasteiger partial charge in [-0.15, -0.1) is 0 Å². The molecule has 1 fully saturated rings. The van der Waals surface area contributed by atoms with Crippen LogP contribution in [0.3, 0.4) is 0 Å². The molecule has 3 nitrogen and oxygen atoms in total. The van der Waals surface area contributed by atoms with Crippen molar-refractivity contribution in [2.75, 3.05) is 7.11 Å². The van der Waals surface area contributed by atoms with Gasteiger partial charge in [0.2, 0.25) is 5.88 Å². The van der Waals surface area contributed by atoms with Gasteiger partial charge in [0.1, 0.15) is 0 Å². The first-order valence-corrected chi connectivity index (χ1v) is 6.91. The molecule has 0 aromatic carbocycles. The molecule has 0 spiro atoms. The van der Waals surface area contributed by atoms with Crippen LogP contribution >= 0.6 is 0 Å². The molecule has 3 unspecified atom stereocenters. The third-order valence-electron chi connectivity index (χ3n) is 4.09. The lowest BCUT2D eigenvalue weighted by Gasteiger charge is -2.32. The third-order valence-corrected chi connectivity index (χ3v) is 4.09. The molecule has 0 bridgehead atoms. The normalized spacial score (nSPS) is 28.1. The molecule has 2 rings (SSSR count). The summed E-state index contributed by atoms with van der Waals surface area (Å²) < 4.78 is 5.14. The van der Waals surface area contributed by atoms with E-state index in [0.717, 1.165) is 30.9 Å². The van der Waals surface area contributed by atoms with Crippen molar-refractivity contribution >= 4 is 0 Å². The van der Waals surface area contributed by atoms with Crippen molar-refractivity contribution in [3.8, 4) is 5.88 Å². The highest BCUT2D eigenvalue weighted by atomic mass is 16.5. The first-order valence-electron chi connectivity index (χ1n) is 6.91. The molecule has 1 aromatic heterocycles. The number of rotatable bonds is 4. The smallest absolute Gasteiger partial charge is 0.213 e. The molecule has 3 atom stereocenters. The third kappa shape index (κ3) is 3.22. The Hall–Kier alpha value is -1.09. The summed E-state index contributed by atoms with van der Waals surface area (Å²) in [7, 11) is 1.63. The summed E-state index contributed by atoms with van der Waals surface area (Å²) in [4.78, 5) is 4.44. The fourth-order valence-corrected chi connectivity index (χ4v) is 2.89. The number of ether oxygens (including phenoxy) is 1. The number of methoxy groups -OCH3 is 1. The lowest BCUT2D eigenvalue weighted by molar-refractivity contribution is 0.0469. The van der Waals surface area contributed by atoms with Crippen LogP contribution < -0.4 is 4.74 Å². The van der Waals surface area contributed by atoms with Crippen LogP contribution in [0, 0.1) is 11.8 Å². The largest absolute Gasteiger partial charge is 0.481 e. The standard InChI is InChI=1S/C15H23NO2/c1-3-11-7-8-14(17)12(9-11)10-13-5-4-6-15(16-13)18-2/h4-6,11-12,14,17H,3,7-10H2,1-2H3. The highest BCUT2D eigenvalue weighted by molar-refractivity contribution is 5.16. The van der Waals surface area contributed by atoms with Gasteiger partial charge in [-0.05, 0) is 43.6 Å². The van der Waals surface area contributed by atoms with E-state index >= 15 is 0 Å². The Bertz CT molecular complexity index is 381. The van der Waals surface area contributed by atoms with Gasteiger partial charge in [-0.25, -0.2) is 4.98 Å². The van der Waals surface area contributed by atoms with Gasteiger partial charge >= 0.3 is 0 Å². The van der Waals surface area contributed by atoms with Gasteiger partial charge in [0.15, 0.2) is 0 Å². The van der Waals surface area contributed by atoms with Crippen molar-refractivity contribution in [3.63, 3.8) is 0 Å². The maximum atomic E-state index is 10.1. The van der Waals surface area contributed by atoms with Crippen molar-refractivity contribution < 1.29 is 9.84 Å². The SMILES string of the molecule is CCC1CCC(O)C(Cc2cccc(OC)n2)C1. The van der Waals surface area contributed by atoms with Crippen molar-refractivity contribution in [2.45, 2.75) is 45.1 Å². The highest BCUT2D eigenvalue weighted by Gasteiger charge is 2.28. The summed E-state index contributed by atoms with van der Waals surface area (Å²) in [5.41, 5.74) is 1.02. The van der Waals surface area contributed by atoms with E-state index in [0.29, 0.717) is 11.8 Å². The minimum atomic E-state index is -0.166. The van der Waals surface area contributed by atoms with Crippen molar-refractivity contribution in [1.29, 1.82) is 0 Å². The molecule has 18 heavy (non-hydrogen) atoms. The predicted octanol–water partition coefficient (Wildman–Crippen LogP) is 2.82. The van der Waals surface area contributed by atoms with E-state index in [1.165, 1.54) is 12.8 Å². The van der Waals surface area contributed by atoms with Gasteiger partial charge in [0, 0.05) is 11.8 Å². The highest BCUT2D eigenvalue weighted by Crippen LogP contribution is 2.33. The second-order valence-electron chi connectivity index (χ2n) is 5.29. The second-order valence-corrected chi connectivity index (χ2v) is 5.29. The average Bonchev–Trinajstić information content (AvgIpc) is 2.41. The van der Waals surface area contributed by atoms with Crippen LogP contribution in [-0.4, -0.2) is 23.3 Å². The quantitative estimate of drug-likeness (QED) is 0.892. The molecule has 1 N–H and O–H groups in total. The zero-order valence-electron chi connectivity index (χ0n) is 11.3. The van der Waals surface area contributed by atoms with Crippen LogP contribution in [0.1, 0.15) is 38.3 Å². The maximum absolute atomic E-state index is 10.1. The van der Waals surface area contributed by atoms with E-state index in [1.54, 1.807) is 7.11 Å². The summed E-state index contributed by atoms with van der Waals surface area (Å²) in [6.45, 7) is 2.24. The van der Waals surface area contributed by atoms with E-state index < -0.39 is 0 Å². The lowest BCUT2D eigenvalue weighted by atomic mass is 9.76. The van der Waals surface area contributed by atoms with Crippen LogP contribution in [0.25, 0.3) is 0 Å². The number of pyridine rings is 1. The Morgan fingerprint density at radius 2 is 2.22 bits per heavy atom. The Morgan fingerprint density at radius 3 is 2.94 bits per heavy atom. The van der Waals surface area contributed by atoms with E-state index in [1.807, 2.05) is 18.2 Å². The number of aliphatic hydroxyl groups excluding tert-OH is 1. The van der Waals surface area contributed by atoms with Crippen molar-refractivity contribution in [2.24, 2.45) is 11.8 Å². The molecule has 1 aliphatic carbocycles. The Balaban J connectivity index is 2.02. The summed E-state index contributed by atoms with van der Waals surface area (Å²) in [5, 5.41) is 10.1. The molecular weight excluding hydrogens is 226 g/mol. The molecular formula is C15H23NO2. The van der Waals surface area contributed by atoms with Gasteiger partial charge in [-0.2, -0.15) is 0 Å². The molecule has 0 amide bonds. The number of hydrogen-bond acceptors (Lipinski definition) is 3. The first-order chi connectivity index (χ1) is 8.72. The van der Waals surface area contributed by atoms with E-state index in [9.17, 15) is 5.11 Å². The molecule has 1 aliphatic rings. The van der Waals surface area contributed by atoms with Crippen LogP contribution in [-0.2, 0) is 6.42 Å². The molecule has 0 radical (unpaired) electrons. The zero-order chi connectivity index (χ0) is 13.0. The van der Waals surface area contributed by atoms with E-state index in [2.05, 4.69) is 11.9 Å². The summed E-state index contributed by atoms with van der Waals surface area (Å²) in [5.74, 6) is 1.78. The van der Waals surface area contributed by atoms with Crippen LogP contribution in [0.5, 0.6) is 5.88 Å². The second kappa shape index (κ2) is 6.19. The Morgan fingerprint density at radius 1 is 1.39 bits per heavy atom. The minimum absolute atomic E-state index is 0.166. The zero-order valence-corrected chi connectivity index (χ0v) is 11.3. The number of aromatic nitrogens is 1. The van der Waals surface area contributed by atoms with E-state index in [4.69, 9.17) is 4.74 Å². The minimum Gasteiger partial charge on any atom is -0.481 e. The van der Waals surface area contributed by atoms with Gasteiger partial charge in [-0.1, -0.05) is 19.4 Å². The lowest BCUT2D eigenvalue weighted by Crippen LogP contribution is -2.30. The van der Waals surface area contributed by atoms with Gasteiger partial charge in [-0.3, -0.25) is 0 Å². The first kappa shape index (κ1) is 13.3. The molecule has 1 heterocycles. The summed E-state index contributed by atoms with van der Waals surface area (Å²) >= 11 is 0. The number of hydrogen-bond donors (Lipinski definition) is 1. The fourth-order valence-electron chi connectivity index (χ4n) is 2.89. The van der Waals surface area contributed by atoms with Crippen LogP contribution in [0.15, 0.2) is 18.2 Å². The number of aliphatic hydroxyl groups is 1. The molecule has 1 aromatic rings. The predicted molar refractivity (Wildman–Crippen MR) is 71.6 cm³/mol. The molecule has 0 saturated heterocycles. The van der Waals surface area contributed by atoms with E-state index in [-0.39, 0.29) is 6.10 Å². The summed E-state index contributed by atoms with van der Waals surface area (Å²) in [6, 6.07) is 5.84. The Kier molecular flexibility index (Phi) is 4.59. The van der Waals surface area contributed by atoms with Crippen LogP contribution in [0.4, 0.5) is 0 Å².